The van der Waals surface area contributed by atoms with Crippen molar-refractivity contribution in [2.24, 2.45) is 5.73 Å². The highest BCUT2D eigenvalue weighted by molar-refractivity contribution is 5.38. The summed E-state index contributed by atoms with van der Waals surface area (Å²) >= 11 is 0. The summed E-state index contributed by atoms with van der Waals surface area (Å²) < 4.78 is 13.3. The summed E-state index contributed by atoms with van der Waals surface area (Å²) in [5.41, 5.74) is 12.2. The van der Waals surface area contributed by atoms with Gasteiger partial charge in [0.05, 0.1) is 0 Å². The van der Waals surface area contributed by atoms with Gasteiger partial charge in [0.1, 0.15) is 5.82 Å². The van der Waals surface area contributed by atoms with Crippen LogP contribution in [-0.4, -0.2) is 5.54 Å². The van der Waals surface area contributed by atoms with Gasteiger partial charge in [-0.3, -0.25) is 0 Å². The van der Waals surface area contributed by atoms with E-state index in [0.717, 1.165) is 12.0 Å². The predicted molar refractivity (Wildman–Crippen MR) is 87.1 cm³/mol. The molecule has 0 spiro atoms. The normalized spacial score (nSPS) is 14.0. The number of hydrogen-bond acceptors (Lipinski definition) is 1. The maximum atomic E-state index is 13.3. The van der Waals surface area contributed by atoms with Crippen molar-refractivity contribution in [2.45, 2.75) is 46.1 Å². The van der Waals surface area contributed by atoms with Crippen LogP contribution in [0.3, 0.4) is 0 Å². The summed E-state index contributed by atoms with van der Waals surface area (Å²) in [5, 5.41) is 0. The third-order valence-corrected chi connectivity index (χ3v) is 3.92. The average Bonchev–Trinajstić information content (AvgIpc) is 2.33. The van der Waals surface area contributed by atoms with Crippen LogP contribution in [-0.2, 0) is 12.8 Å². The summed E-state index contributed by atoms with van der Waals surface area (Å²) in [6.45, 7) is 8.41. The van der Waals surface area contributed by atoms with Crippen molar-refractivity contribution < 1.29 is 4.39 Å². The summed E-state index contributed by atoms with van der Waals surface area (Å²) in [7, 11) is 0. The predicted octanol–water partition coefficient (Wildman–Crippen LogP) is 4.25. The molecule has 2 aromatic rings. The quantitative estimate of drug-likeness (QED) is 0.892. The van der Waals surface area contributed by atoms with E-state index in [0.29, 0.717) is 6.42 Å². The largest absolute Gasteiger partial charge is 0.325 e. The minimum atomic E-state index is -0.390. The van der Waals surface area contributed by atoms with Gasteiger partial charge >= 0.3 is 0 Å². The van der Waals surface area contributed by atoms with Gasteiger partial charge in [-0.2, -0.15) is 0 Å². The van der Waals surface area contributed by atoms with Gasteiger partial charge in [0.2, 0.25) is 0 Å². The van der Waals surface area contributed by atoms with E-state index in [2.05, 4.69) is 32.9 Å². The molecule has 0 saturated heterocycles. The first kappa shape index (κ1) is 15.7. The molecule has 0 aromatic heterocycles. The number of aryl methyl sites for hydroxylation is 3. The van der Waals surface area contributed by atoms with Crippen LogP contribution in [0, 0.1) is 26.6 Å². The third-order valence-electron chi connectivity index (χ3n) is 3.92. The molecule has 0 saturated carbocycles. The second kappa shape index (κ2) is 5.98. The molecule has 2 N–H and O–H groups in total. The van der Waals surface area contributed by atoms with E-state index in [-0.39, 0.29) is 5.82 Å². The number of benzene rings is 2. The minimum Gasteiger partial charge on any atom is -0.325 e. The van der Waals surface area contributed by atoms with Crippen LogP contribution >= 0.6 is 0 Å². The van der Waals surface area contributed by atoms with Crippen molar-refractivity contribution in [3.05, 3.63) is 70.0 Å². The topological polar surface area (TPSA) is 26.0 Å². The van der Waals surface area contributed by atoms with Gasteiger partial charge in [-0.15, -0.1) is 0 Å². The molecular weight excluding hydrogens is 261 g/mol. The molecule has 0 aliphatic heterocycles. The van der Waals surface area contributed by atoms with E-state index < -0.39 is 5.54 Å². The molecule has 0 aliphatic carbocycles. The lowest BCUT2D eigenvalue weighted by atomic mass is 9.84. The number of hydrogen-bond donors (Lipinski definition) is 1. The zero-order chi connectivity index (χ0) is 15.6. The molecule has 1 nitrogen and oxygen atoms in total. The fraction of sp³-hybridized carbons (Fsp3) is 0.368. The third kappa shape index (κ3) is 4.15. The highest BCUT2D eigenvalue weighted by atomic mass is 19.1. The van der Waals surface area contributed by atoms with Crippen LogP contribution in [0.2, 0.25) is 0 Å². The van der Waals surface area contributed by atoms with E-state index in [1.54, 1.807) is 12.1 Å². The molecule has 1 atom stereocenters. The molecule has 2 aromatic carbocycles. The SMILES string of the molecule is Cc1cc(C)c(CC(C)(N)Cc2cccc(F)c2)c(C)c1. The fourth-order valence-corrected chi connectivity index (χ4v) is 3.07. The molecular formula is C19H24FN. The Bertz CT molecular complexity index is 621. The lowest BCUT2D eigenvalue weighted by Crippen LogP contribution is -2.41. The molecule has 0 radical (unpaired) electrons. The van der Waals surface area contributed by atoms with E-state index >= 15 is 0 Å². The van der Waals surface area contributed by atoms with Gasteiger partial charge in [-0.25, -0.2) is 4.39 Å². The van der Waals surface area contributed by atoms with E-state index in [9.17, 15) is 4.39 Å². The number of nitrogens with two attached hydrogens (primary N) is 1. The van der Waals surface area contributed by atoms with Crippen LogP contribution in [0.4, 0.5) is 4.39 Å². The highest BCUT2D eigenvalue weighted by Gasteiger charge is 2.22. The van der Waals surface area contributed by atoms with Crippen molar-refractivity contribution in [2.75, 3.05) is 0 Å². The zero-order valence-corrected chi connectivity index (χ0v) is 13.3. The molecule has 2 heteroatoms. The van der Waals surface area contributed by atoms with Crippen LogP contribution in [0.5, 0.6) is 0 Å². The van der Waals surface area contributed by atoms with Gasteiger partial charge in [0.25, 0.3) is 0 Å². The zero-order valence-electron chi connectivity index (χ0n) is 13.3. The summed E-state index contributed by atoms with van der Waals surface area (Å²) in [6, 6.07) is 11.1. The smallest absolute Gasteiger partial charge is 0.123 e. The summed E-state index contributed by atoms with van der Waals surface area (Å²) in [4.78, 5) is 0. The van der Waals surface area contributed by atoms with Crippen LogP contribution < -0.4 is 5.73 Å². The van der Waals surface area contributed by atoms with Crippen molar-refractivity contribution in [3.8, 4) is 0 Å². The van der Waals surface area contributed by atoms with Crippen LogP contribution in [0.1, 0.15) is 34.7 Å². The monoisotopic (exact) mass is 285 g/mol. The molecule has 0 heterocycles. The Morgan fingerprint density at radius 2 is 1.62 bits per heavy atom. The molecule has 21 heavy (non-hydrogen) atoms. The number of halogens is 1. The first-order valence-corrected chi connectivity index (χ1v) is 7.37. The maximum absolute atomic E-state index is 13.3. The molecule has 0 fully saturated rings. The summed E-state index contributed by atoms with van der Waals surface area (Å²) in [5.74, 6) is -0.203. The van der Waals surface area contributed by atoms with Crippen LogP contribution in [0.15, 0.2) is 36.4 Å². The van der Waals surface area contributed by atoms with Crippen molar-refractivity contribution in [3.63, 3.8) is 0 Å². The van der Waals surface area contributed by atoms with Crippen LogP contribution in [0.25, 0.3) is 0 Å². The first-order chi connectivity index (χ1) is 9.77. The standard InChI is InChI=1S/C19H24FN/c1-13-8-14(2)18(15(3)9-13)12-19(4,21)11-16-6-5-7-17(20)10-16/h5-10H,11-12,21H2,1-4H3. The maximum Gasteiger partial charge on any atom is 0.123 e. The second-order valence-electron chi connectivity index (χ2n) is 6.51. The molecule has 0 aliphatic rings. The Morgan fingerprint density at radius 3 is 2.19 bits per heavy atom. The molecule has 0 amide bonds. The summed E-state index contributed by atoms with van der Waals surface area (Å²) in [6.07, 6.45) is 1.46. The minimum absolute atomic E-state index is 0.203. The van der Waals surface area contributed by atoms with E-state index in [4.69, 9.17) is 5.73 Å². The first-order valence-electron chi connectivity index (χ1n) is 7.37. The Kier molecular flexibility index (Phi) is 4.48. The van der Waals surface area contributed by atoms with Gasteiger partial charge in [-0.05, 0) is 74.9 Å². The average molecular weight is 285 g/mol. The lowest BCUT2D eigenvalue weighted by molar-refractivity contribution is 0.459. The lowest BCUT2D eigenvalue weighted by Gasteiger charge is -2.27. The fourth-order valence-electron chi connectivity index (χ4n) is 3.07. The van der Waals surface area contributed by atoms with Gasteiger partial charge in [0.15, 0.2) is 0 Å². The molecule has 2 rings (SSSR count). The second-order valence-corrected chi connectivity index (χ2v) is 6.51. The Labute approximate surface area is 127 Å². The van der Waals surface area contributed by atoms with Gasteiger partial charge in [0, 0.05) is 5.54 Å². The number of rotatable bonds is 4. The molecule has 1 unspecified atom stereocenters. The van der Waals surface area contributed by atoms with Crippen molar-refractivity contribution in [1.82, 2.24) is 0 Å². The Hall–Kier alpha value is -1.67. The highest BCUT2D eigenvalue weighted by Crippen LogP contribution is 2.23. The van der Waals surface area contributed by atoms with Gasteiger partial charge < -0.3 is 5.73 Å². The molecule has 112 valence electrons. The Morgan fingerprint density at radius 1 is 1.00 bits per heavy atom. The van der Waals surface area contributed by atoms with Crippen molar-refractivity contribution in [1.29, 1.82) is 0 Å². The Balaban J connectivity index is 2.21. The molecule has 0 bridgehead atoms. The van der Waals surface area contributed by atoms with Gasteiger partial charge in [-0.1, -0.05) is 29.8 Å². The van der Waals surface area contributed by atoms with E-state index in [1.807, 2.05) is 13.0 Å². The van der Waals surface area contributed by atoms with E-state index in [1.165, 1.54) is 28.3 Å². The van der Waals surface area contributed by atoms with Crippen molar-refractivity contribution >= 4 is 0 Å².